The highest BCUT2D eigenvalue weighted by atomic mass is 19.3. The van der Waals surface area contributed by atoms with Crippen LogP contribution in [-0.4, -0.2) is 35.2 Å². The molecule has 2 fully saturated rings. The van der Waals surface area contributed by atoms with Gasteiger partial charge in [0, 0.05) is 31.4 Å². The van der Waals surface area contributed by atoms with E-state index in [0.29, 0.717) is 11.1 Å². The van der Waals surface area contributed by atoms with Gasteiger partial charge >= 0.3 is 5.97 Å². The maximum Gasteiger partial charge on any atom is 0.311 e. The number of hydrogen-bond acceptors (Lipinski definition) is 3. The molecule has 0 radical (unpaired) electrons. The Bertz CT molecular complexity index is 804. The molecule has 0 aromatic heterocycles. The Morgan fingerprint density at radius 2 is 1.81 bits per heavy atom. The molecule has 2 saturated carbocycles. The van der Waals surface area contributed by atoms with E-state index in [0.717, 1.165) is 0 Å². The number of carboxylic acid groups (broad SMARTS) is 1. The Balaban J connectivity index is 1.41. The Hall–Kier alpha value is -2.31. The number of Topliss-reactive ketones (excluding diaryl/α,β-unsaturated/α-hetero) is 1. The van der Waals surface area contributed by atoms with E-state index in [2.05, 4.69) is 5.32 Å². The molecule has 26 heavy (non-hydrogen) atoms. The molecule has 0 heterocycles. The summed E-state index contributed by atoms with van der Waals surface area (Å²) in [5, 5.41) is 12.2. The summed E-state index contributed by atoms with van der Waals surface area (Å²) >= 11 is 0. The number of amides is 1. The van der Waals surface area contributed by atoms with Gasteiger partial charge in [0.05, 0.1) is 11.3 Å². The number of benzene rings is 1. The molecule has 1 aromatic rings. The Morgan fingerprint density at radius 3 is 2.42 bits per heavy atom. The van der Waals surface area contributed by atoms with Gasteiger partial charge in [0.1, 0.15) is 0 Å². The van der Waals surface area contributed by atoms with E-state index < -0.39 is 28.6 Å². The van der Waals surface area contributed by atoms with E-state index in [-0.39, 0.29) is 50.3 Å². The van der Waals surface area contributed by atoms with Crippen molar-refractivity contribution in [1.82, 2.24) is 5.32 Å². The number of ketones is 1. The largest absolute Gasteiger partial charge is 0.481 e. The van der Waals surface area contributed by atoms with Gasteiger partial charge in [0.15, 0.2) is 5.78 Å². The minimum atomic E-state index is -2.69. The molecular formula is C19H19F2NO4. The van der Waals surface area contributed by atoms with Crippen LogP contribution in [0.15, 0.2) is 24.3 Å². The average Bonchev–Trinajstić information content (AvgIpc) is 2.85. The molecule has 138 valence electrons. The summed E-state index contributed by atoms with van der Waals surface area (Å²) in [6.45, 7) is -0.0959. The predicted octanol–water partition coefficient (Wildman–Crippen LogP) is 2.75. The number of fused-ring (bicyclic) bond motifs is 1. The molecule has 0 saturated heterocycles. The fourth-order valence-corrected chi connectivity index (χ4v) is 5.10. The van der Waals surface area contributed by atoms with Crippen LogP contribution in [-0.2, 0) is 9.59 Å². The lowest BCUT2D eigenvalue weighted by molar-refractivity contribution is -0.234. The van der Waals surface area contributed by atoms with Crippen LogP contribution in [0.4, 0.5) is 8.78 Å². The van der Waals surface area contributed by atoms with Crippen molar-refractivity contribution in [2.24, 2.45) is 10.8 Å². The molecule has 1 spiro atoms. The van der Waals surface area contributed by atoms with Crippen molar-refractivity contribution in [1.29, 1.82) is 0 Å². The molecule has 3 aliphatic carbocycles. The molecule has 1 aromatic carbocycles. The van der Waals surface area contributed by atoms with Gasteiger partial charge in [-0.05, 0) is 23.8 Å². The summed E-state index contributed by atoms with van der Waals surface area (Å²) in [6.07, 6.45) is -0.154. The molecular weight excluding hydrogens is 344 g/mol. The first-order chi connectivity index (χ1) is 12.2. The van der Waals surface area contributed by atoms with Gasteiger partial charge in [-0.25, -0.2) is 8.78 Å². The summed E-state index contributed by atoms with van der Waals surface area (Å²) in [5.74, 6) is -4.87. The minimum Gasteiger partial charge on any atom is -0.481 e. The van der Waals surface area contributed by atoms with Crippen LogP contribution < -0.4 is 5.32 Å². The van der Waals surface area contributed by atoms with Crippen molar-refractivity contribution in [3.05, 3.63) is 35.4 Å². The molecule has 0 bridgehead atoms. The molecule has 1 atom stereocenters. The summed E-state index contributed by atoms with van der Waals surface area (Å²) < 4.78 is 26.3. The van der Waals surface area contributed by atoms with Gasteiger partial charge < -0.3 is 10.4 Å². The number of rotatable bonds is 4. The van der Waals surface area contributed by atoms with Crippen molar-refractivity contribution in [2.75, 3.05) is 6.54 Å². The Morgan fingerprint density at radius 1 is 1.15 bits per heavy atom. The smallest absolute Gasteiger partial charge is 0.311 e. The van der Waals surface area contributed by atoms with E-state index in [1.807, 2.05) is 0 Å². The quantitative estimate of drug-likeness (QED) is 0.862. The Labute approximate surface area is 148 Å². The van der Waals surface area contributed by atoms with Gasteiger partial charge in [0.2, 0.25) is 11.8 Å². The highest BCUT2D eigenvalue weighted by Gasteiger charge is 2.69. The lowest BCUT2D eigenvalue weighted by atomic mass is 9.44. The first-order valence-electron chi connectivity index (χ1n) is 8.67. The molecule has 2 N–H and O–H groups in total. The predicted molar refractivity (Wildman–Crippen MR) is 87.1 cm³/mol. The second kappa shape index (κ2) is 5.34. The van der Waals surface area contributed by atoms with Crippen molar-refractivity contribution in [3.8, 4) is 0 Å². The molecule has 1 amide bonds. The van der Waals surface area contributed by atoms with Crippen LogP contribution in [0.25, 0.3) is 0 Å². The van der Waals surface area contributed by atoms with Gasteiger partial charge in [-0.2, -0.15) is 0 Å². The van der Waals surface area contributed by atoms with E-state index in [1.54, 1.807) is 24.3 Å². The topological polar surface area (TPSA) is 83.5 Å². The summed E-state index contributed by atoms with van der Waals surface area (Å²) in [6, 6.07) is 6.89. The first-order valence-corrected chi connectivity index (χ1v) is 8.67. The lowest BCUT2D eigenvalue weighted by Gasteiger charge is -2.61. The van der Waals surface area contributed by atoms with Crippen molar-refractivity contribution >= 4 is 17.7 Å². The van der Waals surface area contributed by atoms with E-state index >= 15 is 0 Å². The van der Waals surface area contributed by atoms with E-state index in [9.17, 15) is 28.3 Å². The maximum atomic E-state index is 13.2. The summed E-state index contributed by atoms with van der Waals surface area (Å²) in [4.78, 5) is 36.2. The second-order valence-electron chi connectivity index (χ2n) is 8.13. The molecule has 5 nitrogen and oxygen atoms in total. The number of halogens is 2. The lowest BCUT2D eigenvalue weighted by Crippen LogP contribution is -2.63. The third-order valence-electron chi connectivity index (χ3n) is 6.09. The van der Waals surface area contributed by atoms with Crippen LogP contribution in [0.5, 0.6) is 0 Å². The zero-order valence-corrected chi connectivity index (χ0v) is 14.1. The molecule has 3 aliphatic rings. The fraction of sp³-hybridized carbons (Fsp3) is 0.526. The maximum absolute atomic E-state index is 13.2. The highest BCUT2D eigenvalue weighted by Crippen LogP contribution is 2.68. The zero-order chi connectivity index (χ0) is 18.7. The van der Waals surface area contributed by atoms with Crippen LogP contribution >= 0.6 is 0 Å². The fourth-order valence-electron chi connectivity index (χ4n) is 5.10. The number of aliphatic carboxylic acids is 1. The molecule has 4 rings (SSSR count). The third kappa shape index (κ3) is 2.52. The average molecular weight is 363 g/mol. The number of hydrogen-bond donors (Lipinski definition) is 2. The second-order valence-corrected chi connectivity index (χ2v) is 8.13. The summed E-state index contributed by atoms with van der Waals surface area (Å²) in [5.41, 5.74) is -0.598. The van der Waals surface area contributed by atoms with Crippen LogP contribution in [0.2, 0.25) is 0 Å². The monoisotopic (exact) mass is 363 g/mol. The normalized spacial score (nSPS) is 26.5. The molecule has 0 aliphatic heterocycles. The zero-order valence-electron chi connectivity index (χ0n) is 14.1. The van der Waals surface area contributed by atoms with Crippen molar-refractivity contribution in [3.63, 3.8) is 0 Å². The number of carbonyl (C=O) groups is 3. The van der Waals surface area contributed by atoms with Crippen LogP contribution in [0.3, 0.4) is 0 Å². The van der Waals surface area contributed by atoms with Gasteiger partial charge in [-0.15, -0.1) is 0 Å². The number of alkyl halides is 2. The van der Waals surface area contributed by atoms with E-state index in [4.69, 9.17) is 0 Å². The van der Waals surface area contributed by atoms with Crippen LogP contribution in [0.1, 0.15) is 53.9 Å². The van der Waals surface area contributed by atoms with E-state index in [1.165, 1.54) is 0 Å². The number of carbonyl (C=O) groups excluding carboxylic acids is 2. The molecule has 1 unspecified atom stereocenters. The van der Waals surface area contributed by atoms with Crippen LogP contribution in [0, 0.1) is 10.8 Å². The SMILES string of the molecule is O=C1CC(C(=O)NCC2(C(=O)O)CC3(CC(F)(F)C3)C2)c2ccccc21. The highest BCUT2D eigenvalue weighted by molar-refractivity contribution is 6.06. The third-order valence-corrected chi connectivity index (χ3v) is 6.09. The van der Waals surface area contributed by atoms with Gasteiger partial charge in [-0.3, -0.25) is 14.4 Å². The standard InChI is InChI=1S/C19H19F2NO4/c20-19(21)8-17(9-19)6-18(7-17,16(25)26)10-22-15(24)13-5-14(23)12-4-2-1-3-11(12)13/h1-4,13H,5-10H2,(H,22,24)(H,25,26). The first kappa shape index (κ1) is 17.1. The van der Waals surface area contributed by atoms with Gasteiger partial charge in [0.25, 0.3) is 0 Å². The van der Waals surface area contributed by atoms with Crippen molar-refractivity contribution < 1.29 is 28.3 Å². The number of nitrogens with one attached hydrogen (secondary N) is 1. The Kier molecular flexibility index (Phi) is 3.52. The molecule has 7 heteroatoms. The summed E-state index contributed by atoms with van der Waals surface area (Å²) in [7, 11) is 0. The van der Waals surface area contributed by atoms with Crippen molar-refractivity contribution in [2.45, 2.75) is 43.9 Å². The minimum absolute atomic E-state index is 0.0708. The number of carboxylic acids is 1. The van der Waals surface area contributed by atoms with Gasteiger partial charge in [-0.1, -0.05) is 24.3 Å².